The van der Waals surface area contributed by atoms with Gasteiger partial charge in [-0.05, 0) is 18.2 Å². The van der Waals surface area contributed by atoms with E-state index in [2.05, 4.69) is 0 Å². The fraction of sp³-hybridized carbons (Fsp3) is 0.250. The molecule has 1 aromatic carbocycles. The molecule has 14 heavy (non-hydrogen) atoms. The molecule has 0 heterocycles. The lowest BCUT2D eigenvalue weighted by Crippen LogP contribution is -2.11. The highest BCUT2D eigenvalue weighted by Gasteiger charge is 2.18. The Morgan fingerprint density at radius 1 is 1.43 bits per heavy atom. The van der Waals surface area contributed by atoms with Gasteiger partial charge in [-0.3, -0.25) is 0 Å². The zero-order valence-corrected chi connectivity index (χ0v) is 8.09. The quantitative estimate of drug-likeness (QED) is 0.710. The number of hydrogen-bond donors (Lipinski definition) is 2. The fourth-order valence-electron chi connectivity index (χ4n) is 0.999. The second-order valence-electron chi connectivity index (χ2n) is 2.73. The van der Waals surface area contributed by atoms with Gasteiger partial charge in [-0.25, -0.2) is 12.8 Å². The van der Waals surface area contributed by atoms with Gasteiger partial charge in [0.2, 0.25) is 0 Å². The maximum Gasteiger partial charge on any atom is 0.183 e. The highest BCUT2D eigenvalue weighted by Crippen LogP contribution is 2.18. The minimum atomic E-state index is -3.74. The molecule has 0 aromatic heterocycles. The number of anilines is 1. The van der Waals surface area contributed by atoms with Crippen LogP contribution in [0.4, 0.5) is 10.1 Å². The second-order valence-corrected chi connectivity index (χ2v) is 4.81. The van der Waals surface area contributed by atoms with Crippen molar-refractivity contribution in [1.82, 2.24) is 0 Å². The molecular weight excluding hydrogens is 209 g/mol. The highest BCUT2D eigenvalue weighted by atomic mass is 32.2. The average molecular weight is 219 g/mol. The van der Waals surface area contributed by atoms with Crippen LogP contribution in [0.5, 0.6) is 0 Å². The van der Waals surface area contributed by atoms with E-state index in [1.807, 2.05) is 0 Å². The lowest BCUT2D eigenvalue weighted by molar-refractivity contribution is 0.319. The van der Waals surface area contributed by atoms with Crippen molar-refractivity contribution in [3.8, 4) is 0 Å². The number of benzene rings is 1. The van der Waals surface area contributed by atoms with Gasteiger partial charge in [-0.1, -0.05) is 0 Å². The summed E-state index contributed by atoms with van der Waals surface area (Å²) in [6.45, 7) is -0.536. The molecule has 0 aliphatic rings. The monoisotopic (exact) mass is 219 g/mol. The van der Waals surface area contributed by atoms with Crippen LogP contribution in [0.2, 0.25) is 0 Å². The number of sulfone groups is 1. The lowest BCUT2D eigenvalue weighted by atomic mass is 10.3. The van der Waals surface area contributed by atoms with Crippen molar-refractivity contribution in [1.29, 1.82) is 0 Å². The Bertz CT molecular complexity index is 430. The van der Waals surface area contributed by atoms with Crippen LogP contribution in [0.3, 0.4) is 0 Å². The van der Waals surface area contributed by atoms with Gasteiger partial charge >= 0.3 is 0 Å². The van der Waals surface area contributed by atoms with Gasteiger partial charge in [0, 0.05) is 5.69 Å². The Hall–Kier alpha value is -1.14. The summed E-state index contributed by atoms with van der Waals surface area (Å²) >= 11 is 0. The summed E-state index contributed by atoms with van der Waals surface area (Å²) in [6.07, 6.45) is 0. The van der Waals surface area contributed by atoms with Crippen LogP contribution in [-0.2, 0) is 9.84 Å². The molecule has 0 aliphatic heterocycles. The summed E-state index contributed by atoms with van der Waals surface area (Å²) in [7, 11) is -3.74. The molecule has 78 valence electrons. The molecule has 0 unspecified atom stereocenters. The van der Waals surface area contributed by atoms with Crippen LogP contribution < -0.4 is 5.73 Å². The van der Waals surface area contributed by atoms with Gasteiger partial charge in [0.05, 0.1) is 12.4 Å². The number of aliphatic hydroxyl groups excluding tert-OH is 1. The molecule has 1 rings (SSSR count). The standard InChI is InChI=1S/C8H10FNO3S/c9-7-5-6(10)1-2-8(7)14(12,13)4-3-11/h1-2,5,11H,3-4,10H2. The third kappa shape index (κ3) is 2.21. The van der Waals surface area contributed by atoms with E-state index in [4.69, 9.17) is 10.8 Å². The molecule has 3 N–H and O–H groups in total. The Morgan fingerprint density at radius 3 is 2.57 bits per heavy atom. The zero-order chi connectivity index (χ0) is 10.8. The van der Waals surface area contributed by atoms with Crippen molar-refractivity contribution in [2.75, 3.05) is 18.1 Å². The Labute approximate surface area is 81.1 Å². The maximum absolute atomic E-state index is 13.1. The van der Waals surface area contributed by atoms with Crippen molar-refractivity contribution in [2.45, 2.75) is 4.90 Å². The summed E-state index contributed by atoms with van der Waals surface area (Å²) in [5.41, 5.74) is 5.42. The number of nitrogen functional groups attached to an aromatic ring is 1. The smallest absolute Gasteiger partial charge is 0.183 e. The van der Waals surface area contributed by atoms with E-state index < -0.39 is 32.9 Å². The molecule has 1 aromatic rings. The number of halogens is 1. The van der Waals surface area contributed by atoms with E-state index in [1.54, 1.807) is 0 Å². The third-order valence-electron chi connectivity index (χ3n) is 1.65. The SMILES string of the molecule is Nc1ccc(S(=O)(=O)CCO)c(F)c1. The van der Waals surface area contributed by atoms with Crippen LogP contribution in [0.1, 0.15) is 0 Å². The molecule has 0 aliphatic carbocycles. The zero-order valence-electron chi connectivity index (χ0n) is 7.27. The van der Waals surface area contributed by atoms with Crippen molar-refractivity contribution in [2.24, 2.45) is 0 Å². The minimum Gasteiger partial charge on any atom is -0.399 e. The van der Waals surface area contributed by atoms with Crippen LogP contribution >= 0.6 is 0 Å². The molecule has 0 radical (unpaired) electrons. The van der Waals surface area contributed by atoms with Gasteiger partial charge in [0.1, 0.15) is 10.7 Å². The number of hydrogen-bond acceptors (Lipinski definition) is 4. The van der Waals surface area contributed by atoms with E-state index in [-0.39, 0.29) is 5.69 Å². The Kier molecular flexibility index (Phi) is 3.07. The summed E-state index contributed by atoms with van der Waals surface area (Å²) in [5, 5.41) is 8.48. The van der Waals surface area contributed by atoms with Gasteiger partial charge < -0.3 is 10.8 Å². The van der Waals surface area contributed by atoms with E-state index in [0.29, 0.717) is 0 Å². The van der Waals surface area contributed by atoms with Crippen LogP contribution in [0.15, 0.2) is 23.1 Å². The van der Waals surface area contributed by atoms with Gasteiger partial charge in [-0.15, -0.1) is 0 Å². The first-order valence-corrected chi connectivity index (χ1v) is 5.51. The van der Waals surface area contributed by atoms with Gasteiger partial charge in [0.15, 0.2) is 9.84 Å². The molecule has 0 saturated carbocycles. The van der Waals surface area contributed by atoms with Gasteiger partial charge in [-0.2, -0.15) is 0 Å². The van der Waals surface area contributed by atoms with Crippen molar-refractivity contribution < 1.29 is 17.9 Å². The van der Waals surface area contributed by atoms with Crippen molar-refractivity contribution in [3.05, 3.63) is 24.0 Å². The number of rotatable bonds is 3. The molecule has 4 nitrogen and oxygen atoms in total. The molecule has 0 spiro atoms. The number of aliphatic hydroxyl groups is 1. The summed E-state index contributed by atoms with van der Waals surface area (Å²) in [5.74, 6) is -1.38. The first kappa shape index (κ1) is 10.9. The maximum atomic E-state index is 13.1. The largest absolute Gasteiger partial charge is 0.399 e. The highest BCUT2D eigenvalue weighted by molar-refractivity contribution is 7.91. The average Bonchev–Trinajstić information content (AvgIpc) is 2.02. The van der Waals surface area contributed by atoms with Crippen LogP contribution in [-0.4, -0.2) is 25.9 Å². The molecule has 6 heteroatoms. The minimum absolute atomic E-state index is 0.158. The fourth-order valence-corrected chi connectivity index (χ4v) is 2.09. The number of nitrogens with two attached hydrogens (primary N) is 1. The van der Waals surface area contributed by atoms with E-state index in [1.165, 1.54) is 6.07 Å². The molecule has 0 bridgehead atoms. The molecule has 0 atom stereocenters. The molecule has 0 fully saturated rings. The Morgan fingerprint density at radius 2 is 2.07 bits per heavy atom. The van der Waals surface area contributed by atoms with Crippen LogP contribution in [0.25, 0.3) is 0 Å². The molecular formula is C8H10FNO3S. The first-order valence-electron chi connectivity index (χ1n) is 3.86. The molecule has 0 amide bonds. The normalized spacial score (nSPS) is 11.6. The molecule has 0 saturated heterocycles. The topological polar surface area (TPSA) is 80.4 Å². The van der Waals surface area contributed by atoms with Crippen molar-refractivity contribution in [3.63, 3.8) is 0 Å². The van der Waals surface area contributed by atoms with Crippen LogP contribution in [0, 0.1) is 5.82 Å². The predicted molar refractivity (Wildman–Crippen MR) is 50.0 cm³/mol. The van der Waals surface area contributed by atoms with E-state index >= 15 is 0 Å². The summed E-state index contributed by atoms with van der Waals surface area (Å²) in [4.78, 5) is -0.430. The van der Waals surface area contributed by atoms with Crippen molar-refractivity contribution >= 4 is 15.5 Å². The van der Waals surface area contributed by atoms with Gasteiger partial charge in [0.25, 0.3) is 0 Å². The van der Waals surface area contributed by atoms with E-state index in [9.17, 15) is 12.8 Å². The second kappa shape index (κ2) is 3.93. The Balaban J connectivity index is 3.20. The predicted octanol–water partition coefficient (Wildman–Crippen LogP) is 0.174. The summed E-state index contributed by atoms with van der Waals surface area (Å²) < 4.78 is 35.8. The van der Waals surface area contributed by atoms with E-state index in [0.717, 1.165) is 12.1 Å². The lowest BCUT2D eigenvalue weighted by Gasteiger charge is -2.04. The third-order valence-corrected chi connectivity index (χ3v) is 3.37. The first-order chi connectivity index (χ1) is 6.47. The summed E-state index contributed by atoms with van der Waals surface area (Å²) in [6, 6.07) is 3.33.